The topological polar surface area (TPSA) is 24.9 Å². The summed E-state index contributed by atoms with van der Waals surface area (Å²) in [4.78, 5) is 4.51. The number of hydrogen-bond acceptors (Lipinski definition) is 2. The van der Waals surface area contributed by atoms with Crippen LogP contribution in [0, 0.1) is 6.92 Å². The van der Waals surface area contributed by atoms with Crippen LogP contribution in [0.1, 0.15) is 49.0 Å². The lowest BCUT2D eigenvalue weighted by Gasteiger charge is -2.26. The van der Waals surface area contributed by atoms with E-state index in [2.05, 4.69) is 49.3 Å². The first-order valence-electron chi connectivity index (χ1n) is 7.53. The van der Waals surface area contributed by atoms with Crippen molar-refractivity contribution in [2.75, 3.05) is 6.54 Å². The summed E-state index contributed by atoms with van der Waals surface area (Å²) >= 11 is 6.24. The molecular formula is C18H23ClN2. The van der Waals surface area contributed by atoms with Gasteiger partial charge >= 0.3 is 0 Å². The van der Waals surface area contributed by atoms with Crippen LogP contribution in [0.4, 0.5) is 0 Å². The largest absolute Gasteiger partial charge is 0.309 e. The number of aryl methyl sites for hydroxylation is 1. The van der Waals surface area contributed by atoms with E-state index in [1.54, 1.807) is 0 Å². The van der Waals surface area contributed by atoms with Crippen LogP contribution in [-0.4, -0.2) is 11.5 Å². The second kappa shape index (κ2) is 7.58. The highest BCUT2D eigenvalue weighted by Gasteiger charge is 2.21. The highest BCUT2D eigenvalue weighted by molar-refractivity contribution is 6.30. The zero-order valence-electron chi connectivity index (χ0n) is 12.9. The maximum absolute atomic E-state index is 6.24. The minimum absolute atomic E-state index is 0.220. The van der Waals surface area contributed by atoms with Crippen molar-refractivity contribution in [3.05, 3.63) is 64.4 Å². The Morgan fingerprint density at radius 1 is 1.24 bits per heavy atom. The zero-order valence-corrected chi connectivity index (χ0v) is 13.7. The molecule has 2 atom stereocenters. The van der Waals surface area contributed by atoms with Gasteiger partial charge in [-0.3, -0.25) is 4.98 Å². The molecule has 2 nitrogen and oxygen atoms in total. The van der Waals surface area contributed by atoms with Crippen LogP contribution >= 0.6 is 11.6 Å². The Hall–Kier alpha value is -1.38. The lowest BCUT2D eigenvalue weighted by Crippen LogP contribution is -2.27. The number of aromatic nitrogens is 1. The summed E-state index contributed by atoms with van der Waals surface area (Å²) in [6, 6.07) is 12.6. The van der Waals surface area contributed by atoms with Crippen LogP contribution < -0.4 is 5.32 Å². The number of nitrogens with zero attached hydrogens (tertiary/aromatic N) is 1. The SMILES string of the molecule is CCCNC(c1cc(C)cc(Cl)c1)C(C)c1ccccn1. The lowest BCUT2D eigenvalue weighted by atomic mass is 9.90. The van der Waals surface area contributed by atoms with Crippen LogP contribution in [0.15, 0.2) is 42.6 Å². The molecule has 1 N–H and O–H groups in total. The molecule has 1 aromatic heterocycles. The average molecular weight is 303 g/mol. The van der Waals surface area contributed by atoms with Crippen molar-refractivity contribution in [1.29, 1.82) is 0 Å². The molecule has 2 unspecified atom stereocenters. The van der Waals surface area contributed by atoms with Gasteiger partial charge in [-0.2, -0.15) is 0 Å². The van der Waals surface area contributed by atoms with Gasteiger partial charge in [0, 0.05) is 28.9 Å². The molecule has 2 aromatic rings. The normalized spacial score (nSPS) is 13.9. The van der Waals surface area contributed by atoms with E-state index < -0.39 is 0 Å². The summed E-state index contributed by atoms with van der Waals surface area (Å²) in [6.45, 7) is 7.45. The average Bonchev–Trinajstić information content (AvgIpc) is 2.47. The smallest absolute Gasteiger partial charge is 0.0450 e. The number of pyridine rings is 1. The van der Waals surface area contributed by atoms with Gasteiger partial charge in [-0.05, 0) is 55.3 Å². The van der Waals surface area contributed by atoms with Crippen molar-refractivity contribution in [1.82, 2.24) is 10.3 Å². The fourth-order valence-corrected chi connectivity index (χ4v) is 2.94. The first-order chi connectivity index (χ1) is 10.1. The third-order valence-electron chi connectivity index (χ3n) is 3.69. The molecule has 3 heteroatoms. The Kier molecular flexibility index (Phi) is 5.77. The van der Waals surface area contributed by atoms with E-state index in [1.165, 1.54) is 11.1 Å². The van der Waals surface area contributed by atoms with Crippen molar-refractivity contribution < 1.29 is 0 Å². The number of halogens is 1. The summed E-state index contributed by atoms with van der Waals surface area (Å²) in [5.41, 5.74) is 3.52. The van der Waals surface area contributed by atoms with E-state index in [-0.39, 0.29) is 12.0 Å². The van der Waals surface area contributed by atoms with Crippen LogP contribution in [0.2, 0.25) is 5.02 Å². The fraction of sp³-hybridized carbons (Fsp3) is 0.389. The van der Waals surface area contributed by atoms with Gasteiger partial charge in [-0.15, -0.1) is 0 Å². The lowest BCUT2D eigenvalue weighted by molar-refractivity contribution is 0.460. The van der Waals surface area contributed by atoms with Crippen molar-refractivity contribution in [3.63, 3.8) is 0 Å². The molecule has 0 saturated carbocycles. The second-order valence-corrected chi connectivity index (χ2v) is 5.97. The number of nitrogens with one attached hydrogen (secondary N) is 1. The molecule has 0 amide bonds. The molecule has 112 valence electrons. The van der Waals surface area contributed by atoms with Crippen molar-refractivity contribution >= 4 is 11.6 Å². The molecule has 0 spiro atoms. The van der Waals surface area contributed by atoms with Gasteiger partial charge in [0.05, 0.1) is 0 Å². The van der Waals surface area contributed by atoms with Gasteiger partial charge in [0.15, 0.2) is 0 Å². The molecule has 0 saturated heterocycles. The third kappa shape index (κ3) is 4.29. The minimum atomic E-state index is 0.220. The predicted octanol–water partition coefficient (Wildman–Crippen LogP) is 4.89. The van der Waals surface area contributed by atoms with Crippen LogP contribution in [-0.2, 0) is 0 Å². The molecular weight excluding hydrogens is 280 g/mol. The molecule has 1 aromatic carbocycles. The highest BCUT2D eigenvalue weighted by atomic mass is 35.5. The monoisotopic (exact) mass is 302 g/mol. The number of benzene rings is 1. The highest BCUT2D eigenvalue weighted by Crippen LogP contribution is 2.31. The van der Waals surface area contributed by atoms with Gasteiger partial charge in [-0.1, -0.05) is 37.6 Å². The standard InChI is InChI=1S/C18H23ClN2/c1-4-8-21-18(14(3)17-7-5-6-9-20-17)15-10-13(2)11-16(19)12-15/h5-7,9-12,14,18,21H,4,8H2,1-3H3. The van der Waals surface area contributed by atoms with E-state index in [0.717, 1.165) is 23.7 Å². The van der Waals surface area contributed by atoms with Crippen molar-refractivity contribution in [2.45, 2.75) is 39.2 Å². The molecule has 0 fully saturated rings. The second-order valence-electron chi connectivity index (χ2n) is 5.54. The van der Waals surface area contributed by atoms with E-state index in [1.807, 2.05) is 24.4 Å². The third-order valence-corrected chi connectivity index (χ3v) is 3.91. The molecule has 2 rings (SSSR count). The molecule has 21 heavy (non-hydrogen) atoms. The molecule has 0 aliphatic heterocycles. The predicted molar refractivity (Wildman–Crippen MR) is 89.9 cm³/mol. The first-order valence-corrected chi connectivity index (χ1v) is 7.91. The van der Waals surface area contributed by atoms with Crippen LogP contribution in [0.5, 0.6) is 0 Å². The first kappa shape index (κ1) is 16.0. The minimum Gasteiger partial charge on any atom is -0.309 e. The Bertz CT molecular complexity index is 548. The number of hydrogen-bond donors (Lipinski definition) is 1. The Labute approximate surface area is 132 Å². The molecule has 0 aliphatic rings. The maximum atomic E-state index is 6.24. The Balaban J connectivity index is 2.33. The van der Waals surface area contributed by atoms with E-state index in [9.17, 15) is 0 Å². The maximum Gasteiger partial charge on any atom is 0.0450 e. The van der Waals surface area contributed by atoms with Gasteiger partial charge < -0.3 is 5.32 Å². The zero-order chi connectivity index (χ0) is 15.2. The summed E-state index contributed by atoms with van der Waals surface area (Å²) in [5.74, 6) is 0.288. The van der Waals surface area contributed by atoms with Crippen LogP contribution in [0.25, 0.3) is 0 Å². The van der Waals surface area contributed by atoms with Crippen LogP contribution in [0.3, 0.4) is 0 Å². The van der Waals surface area contributed by atoms with Crippen molar-refractivity contribution in [2.24, 2.45) is 0 Å². The summed E-state index contributed by atoms with van der Waals surface area (Å²) < 4.78 is 0. The summed E-state index contributed by atoms with van der Waals surface area (Å²) in [7, 11) is 0. The van der Waals surface area contributed by atoms with Crippen molar-refractivity contribution in [3.8, 4) is 0 Å². The van der Waals surface area contributed by atoms with Gasteiger partial charge in [0.2, 0.25) is 0 Å². The fourth-order valence-electron chi connectivity index (χ4n) is 2.64. The Morgan fingerprint density at radius 3 is 2.67 bits per heavy atom. The van der Waals surface area contributed by atoms with E-state index in [4.69, 9.17) is 11.6 Å². The van der Waals surface area contributed by atoms with E-state index in [0.29, 0.717) is 0 Å². The molecule has 0 radical (unpaired) electrons. The summed E-state index contributed by atoms with van der Waals surface area (Å²) in [6.07, 6.45) is 2.96. The quantitative estimate of drug-likeness (QED) is 0.822. The summed E-state index contributed by atoms with van der Waals surface area (Å²) in [5, 5.41) is 4.43. The Morgan fingerprint density at radius 2 is 2.05 bits per heavy atom. The van der Waals surface area contributed by atoms with Gasteiger partial charge in [-0.25, -0.2) is 0 Å². The molecule has 1 heterocycles. The van der Waals surface area contributed by atoms with Gasteiger partial charge in [0.25, 0.3) is 0 Å². The van der Waals surface area contributed by atoms with Gasteiger partial charge in [0.1, 0.15) is 0 Å². The van der Waals surface area contributed by atoms with E-state index >= 15 is 0 Å². The molecule has 0 aliphatic carbocycles. The number of rotatable bonds is 6. The molecule has 0 bridgehead atoms.